The van der Waals surface area contributed by atoms with Crippen LogP contribution in [0.2, 0.25) is 0 Å². The normalized spacial score (nSPS) is 37.0. The van der Waals surface area contributed by atoms with Gasteiger partial charge in [-0.3, -0.25) is 19.2 Å². The van der Waals surface area contributed by atoms with Gasteiger partial charge in [0.05, 0.1) is 18.4 Å². The number of rotatable bonds is 3. The van der Waals surface area contributed by atoms with Crippen molar-refractivity contribution in [2.75, 3.05) is 14.2 Å². The number of nitrogens with zero attached hydrogens (tertiary/aromatic N) is 1. The molecule has 1 amide bonds. The smallest absolute Gasteiger partial charge is 0.308 e. The van der Waals surface area contributed by atoms with E-state index in [9.17, 15) is 24.3 Å². The van der Waals surface area contributed by atoms with Crippen LogP contribution in [-0.2, 0) is 38.1 Å². The van der Waals surface area contributed by atoms with E-state index in [4.69, 9.17) is 30.5 Å². The first-order valence-corrected chi connectivity index (χ1v) is 15.0. The molecule has 3 heterocycles. The summed E-state index contributed by atoms with van der Waals surface area (Å²) < 4.78 is 23.6. The van der Waals surface area contributed by atoms with Gasteiger partial charge in [-0.15, -0.1) is 0 Å². The number of hydrogen-bond acceptors (Lipinski definition) is 10. The van der Waals surface area contributed by atoms with E-state index in [2.05, 4.69) is 11.9 Å². The molecule has 7 atom stereocenters. The van der Waals surface area contributed by atoms with Gasteiger partial charge in [0.1, 0.15) is 34.6 Å². The van der Waals surface area contributed by atoms with Crippen molar-refractivity contribution < 1.29 is 43.2 Å². The number of aliphatic hydroxyl groups is 1. The first kappa shape index (κ1) is 33.6. The molecule has 240 valence electrons. The molecule has 3 aliphatic heterocycles. The van der Waals surface area contributed by atoms with Gasteiger partial charge in [-0.2, -0.15) is 0 Å². The molecule has 0 spiro atoms. The Labute approximate surface area is 262 Å². The van der Waals surface area contributed by atoms with Crippen LogP contribution < -0.4 is 5.32 Å². The summed E-state index contributed by atoms with van der Waals surface area (Å²) in [6.45, 7) is 12.6. The summed E-state index contributed by atoms with van der Waals surface area (Å²) in [6.07, 6.45) is 3.14. The molecule has 4 aliphatic rings. The number of esters is 1. The van der Waals surface area contributed by atoms with Crippen molar-refractivity contribution in [3.8, 4) is 0 Å². The molecular formula is C32H41ClN2O9. The van der Waals surface area contributed by atoms with E-state index in [0.29, 0.717) is 0 Å². The molecule has 4 rings (SSSR count). The van der Waals surface area contributed by atoms with Crippen LogP contribution in [0.5, 0.6) is 0 Å². The topological polar surface area (TPSA) is 144 Å². The predicted molar refractivity (Wildman–Crippen MR) is 161 cm³/mol. The van der Waals surface area contributed by atoms with Crippen LogP contribution in [-0.4, -0.2) is 83.3 Å². The number of ketones is 2. The van der Waals surface area contributed by atoms with Crippen molar-refractivity contribution >= 4 is 35.0 Å². The maximum Gasteiger partial charge on any atom is 0.308 e. The van der Waals surface area contributed by atoms with Gasteiger partial charge in [-0.1, -0.05) is 56.2 Å². The number of Topliss-reactive ketones (excluding diaryl/α,β-unsaturated/α-hetero) is 1. The maximum absolute atomic E-state index is 13.7. The van der Waals surface area contributed by atoms with Gasteiger partial charge in [0.25, 0.3) is 0 Å². The minimum absolute atomic E-state index is 0.100. The van der Waals surface area contributed by atoms with Crippen LogP contribution in [0.3, 0.4) is 0 Å². The molecule has 2 N–H and O–H groups in total. The second-order valence-corrected chi connectivity index (χ2v) is 12.8. The lowest BCUT2D eigenvalue weighted by molar-refractivity contribution is -0.159. The number of nitrogens with one attached hydrogen (secondary N) is 1. The number of likely N-dealkylation sites (N-methyl/N-ethyl adjacent to an activating group) is 1. The maximum atomic E-state index is 13.7. The number of allylic oxidation sites excluding steroid dienone is 6. The van der Waals surface area contributed by atoms with E-state index >= 15 is 0 Å². The van der Waals surface area contributed by atoms with Gasteiger partial charge < -0.3 is 34.3 Å². The zero-order chi connectivity index (χ0) is 32.7. The Balaban J connectivity index is 1.78. The molecule has 44 heavy (non-hydrogen) atoms. The lowest BCUT2D eigenvalue weighted by Gasteiger charge is -2.44. The standard InChI is InChI=1S/C32H41ClN2O9/c1-16(2)30(39)43-24-14-25(37)35(7)27-26(33)21(36)13-20(28(27)38)12-17(3)10-9-11-23(41-8)32(40)15-22(42-19(5)34-32)18(4)29-31(24,6)44-29/h9-11,13,16,18,22-24,29,34,40H,5,12,14-15H2,1-4,6-8H3/b11-9+,17-10+. The number of halogens is 1. The van der Waals surface area contributed by atoms with E-state index in [1.807, 2.05) is 6.92 Å². The summed E-state index contributed by atoms with van der Waals surface area (Å²) in [4.78, 5) is 53.9. The molecule has 11 nitrogen and oxygen atoms in total. The van der Waals surface area contributed by atoms with Gasteiger partial charge in [-0.25, -0.2) is 0 Å². The van der Waals surface area contributed by atoms with E-state index in [0.717, 1.165) is 10.5 Å². The number of amides is 1. The second kappa shape index (κ2) is 12.6. The highest BCUT2D eigenvalue weighted by molar-refractivity contribution is 6.48. The van der Waals surface area contributed by atoms with Crippen LogP contribution in [0, 0.1) is 11.8 Å². The van der Waals surface area contributed by atoms with Crippen LogP contribution in [0.4, 0.5) is 0 Å². The summed E-state index contributed by atoms with van der Waals surface area (Å²) in [5, 5.41) is 14.2. The van der Waals surface area contributed by atoms with Crippen LogP contribution >= 0.6 is 11.6 Å². The molecule has 7 unspecified atom stereocenters. The Hall–Kier alpha value is -3.25. The summed E-state index contributed by atoms with van der Waals surface area (Å²) in [7, 11) is 2.83. The first-order valence-electron chi connectivity index (χ1n) is 14.6. The summed E-state index contributed by atoms with van der Waals surface area (Å²) in [6, 6.07) is 0. The third-order valence-electron chi connectivity index (χ3n) is 8.65. The van der Waals surface area contributed by atoms with Gasteiger partial charge in [0.15, 0.2) is 17.4 Å². The van der Waals surface area contributed by atoms with Gasteiger partial charge >= 0.3 is 5.97 Å². The highest BCUT2D eigenvalue weighted by Gasteiger charge is 2.64. The van der Waals surface area contributed by atoms with E-state index < -0.39 is 65.1 Å². The highest BCUT2D eigenvalue weighted by atomic mass is 35.5. The molecule has 0 radical (unpaired) electrons. The second-order valence-electron chi connectivity index (χ2n) is 12.4. The van der Waals surface area contributed by atoms with E-state index in [1.165, 1.54) is 20.2 Å². The Morgan fingerprint density at radius 1 is 1.30 bits per heavy atom. The van der Waals surface area contributed by atoms with E-state index in [-0.39, 0.29) is 47.4 Å². The SMILES string of the molecule is C=C1NC2(O)CC(O1)C(C)C1OC1(C)C(OC(=O)C(C)C)CC(=O)N(C)C1=C(Cl)C(=O)C=C(C/C(C)=C/C=C/C2OC)C1=O. The van der Waals surface area contributed by atoms with Crippen molar-refractivity contribution in [2.24, 2.45) is 11.8 Å². The number of carbonyl (C=O) groups is 4. The third-order valence-corrected chi connectivity index (χ3v) is 9.02. The molecule has 4 bridgehead atoms. The van der Waals surface area contributed by atoms with Gasteiger partial charge in [-0.05, 0) is 32.9 Å². The van der Waals surface area contributed by atoms with Crippen molar-refractivity contribution in [3.63, 3.8) is 0 Å². The molecule has 2 saturated heterocycles. The zero-order valence-electron chi connectivity index (χ0n) is 26.1. The molecule has 0 aromatic carbocycles. The largest absolute Gasteiger partial charge is 0.476 e. The van der Waals surface area contributed by atoms with Crippen molar-refractivity contribution in [3.05, 3.63) is 58.6 Å². The van der Waals surface area contributed by atoms with Crippen LogP contribution in [0.15, 0.2) is 58.6 Å². The Kier molecular flexibility index (Phi) is 9.65. The molecule has 1 aliphatic carbocycles. The number of ether oxygens (including phenoxy) is 4. The fourth-order valence-electron chi connectivity index (χ4n) is 5.91. The minimum atomic E-state index is -1.59. The number of epoxide rings is 1. The Morgan fingerprint density at radius 3 is 2.61 bits per heavy atom. The monoisotopic (exact) mass is 632 g/mol. The van der Waals surface area contributed by atoms with Crippen molar-refractivity contribution in [2.45, 2.75) is 89.6 Å². The average molecular weight is 633 g/mol. The van der Waals surface area contributed by atoms with Crippen molar-refractivity contribution in [1.82, 2.24) is 10.2 Å². The fourth-order valence-corrected chi connectivity index (χ4v) is 6.18. The minimum Gasteiger partial charge on any atom is -0.476 e. The number of hydrogen-bond donors (Lipinski definition) is 2. The first-order chi connectivity index (χ1) is 20.5. The predicted octanol–water partition coefficient (Wildman–Crippen LogP) is 3.18. The molecule has 12 heteroatoms. The third kappa shape index (κ3) is 6.56. The highest BCUT2D eigenvalue weighted by Crippen LogP contribution is 2.49. The summed E-state index contributed by atoms with van der Waals surface area (Å²) in [5.41, 5.74) is -2.05. The van der Waals surface area contributed by atoms with Crippen LogP contribution in [0.1, 0.15) is 53.9 Å². The lowest BCUT2D eigenvalue weighted by atomic mass is 9.83. The van der Waals surface area contributed by atoms with Crippen LogP contribution in [0.25, 0.3) is 0 Å². The van der Waals surface area contributed by atoms with Gasteiger partial charge in [0.2, 0.25) is 11.7 Å². The number of carbonyl (C=O) groups excluding carboxylic acids is 4. The Morgan fingerprint density at radius 2 is 1.98 bits per heavy atom. The van der Waals surface area contributed by atoms with Gasteiger partial charge in [0, 0.05) is 32.1 Å². The number of fused-ring (bicyclic) bond motifs is 5. The zero-order valence-corrected chi connectivity index (χ0v) is 26.9. The molecule has 0 saturated carbocycles. The fraction of sp³-hybridized carbons (Fsp3) is 0.562. The molecule has 0 aromatic heterocycles. The number of methoxy groups -OCH3 is 1. The molecule has 2 fully saturated rings. The summed E-state index contributed by atoms with van der Waals surface area (Å²) in [5.74, 6) is -2.97. The Bertz CT molecular complexity index is 1380. The lowest BCUT2D eigenvalue weighted by Crippen LogP contribution is -2.60. The quantitative estimate of drug-likeness (QED) is 0.270. The molecular weight excluding hydrogens is 592 g/mol. The average Bonchev–Trinajstić information content (AvgIpc) is 3.64. The van der Waals surface area contributed by atoms with E-state index in [1.54, 1.807) is 45.9 Å². The summed E-state index contributed by atoms with van der Waals surface area (Å²) >= 11 is 6.31. The molecule has 0 aromatic rings. The van der Waals surface area contributed by atoms with Crippen molar-refractivity contribution in [1.29, 1.82) is 0 Å².